The number of hydrogen-bond acceptors (Lipinski definition) is 15. The normalized spacial score (nSPS) is 59.0. The van der Waals surface area contributed by atoms with E-state index in [0.717, 1.165) is 0 Å². The SMILES string of the molecule is CC(=O)O[C@H]1[C@@H]2[C@H]([C@H](C)[C@H]3O[C@]34OC(=O)[C@@](C)(O)[C@]24C)[C@]2(C)[C@@H]1C1C([C@H](OC(C)=O)[C@@H]2OC(C)=O)[C@]2(C)[C@H](C[C@@H]3O[C@@H]3[C@@H]2O)[C@H](N)[C@@H]1OC=O. The molecule has 2 unspecified atom stereocenters. The number of fused-ring (bicyclic) bond motifs is 9. The lowest BCUT2D eigenvalue weighted by Gasteiger charge is -2.67. The highest BCUT2D eigenvalue weighted by Gasteiger charge is 2.93. The van der Waals surface area contributed by atoms with Gasteiger partial charge in [0.2, 0.25) is 5.79 Å². The maximum Gasteiger partial charge on any atom is 0.341 e. The minimum absolute atomic E-state index is 0.262. The van der Waals surface area contributed by atoms with Crippen molar-refractivity contribution >= 4 is 30.3 Å². The van der Waals surface area contributed by atoms with Crippen molar-refractivity contribution in [3.05, 3.63) is 0 Å². The Bertz CT molecular complexity index is 1570. The molecule has 3 aliphatic heterocycles. The summed E-state index contributed by atoms with van der Waals surface area (Å²) in [5.74, 6) is -9.40. The van der Waals surface area contributed by atoms with Gasteiger partial charge in [-0.25, -0.2) is 4.79 Å². The van der Waals surface area contributed by atoms with Crippen molar-refractivity contribution in [3.63, 3.8) is 0 Å². The molecule has 5 saturated carbocycles. The van der Waals surface area contributed by atoms with E-state index < -0.39 is 142 Å². The average molecular weight is 706 g/mol. The lowest BCUT2D eigenvalue weighted by molar-refractivity contribution is -0.284. The zero-order valence-corrected chi connectivity index (χ0v) is 29.4. The Morgan fingerprint density at radius 2 is 1.50 bits per heavy atom. The van der Waals surface area contributed by atoms with Crippen LogP contribution in [0.5, 0.6) is 0 Å². The van der Waals surface area contributed by atoms with Crippen LogP contribution in [0.4, 0.5) is 0 Å². The zero-order chi connectivity index (χ0) is 36.4. The molecule has 8 fully saturated rings. The molecule has 0 amide bonds. The summed E-state index contributed by atoms with van der Waals surface area (Å²) in [5, 5.41) is 24.2. The van der Waals surface area contributed by atoms with Crippen molar-refractivity contribution in [1.82, 2.24) is 0 Å². The highest BCUT2D eigenvalue weighted by molar-refractivity contribution is 5.84. The lowest BCUT2D eigenvalue weighted by atomic mass is 9.40. The largest absolute Gasteiger partial charge is 0.463 e. The molecule has 0 bridgehead atoms. The summed E-state index contributed by atoms with van der Waals surface area (Å²) in [7, 11) is 0. The topological polar surface area (TPSA) is 223 Å². The third-order valence-electron chi connectivity index (χ3n) is 15.2. The third kappa shape index (κ3) is 3.70. The molecule has 0 radical (unpaired) electrons. The first-order valence-electron chi connectivity index (χ1n) is 17.6. The summed E-state index contributed by atoms with van der Waals surface area (Å²) in [6.45, 7) is 12.8. The minimum Gasteiger partial charge on any atom is -0.463 e. The van der Waals surface area contributed by atoms with Crippen molar-refractivity contribution < 1.29 is 67.3 Å². The number of rotatable bonds is 5. The molecule has 50 heavy (non-hydrogen) atoms. The maximum absolute atomic E-state index is 13.5. The third-order valence-corrected chi connectivity index (χ3v) is 15.2. The molecule has 0 aromatic heterocycles. The zero-order valence-electron chi connectivity index (χ0n) is 29.4. The number of hydrogen-bond donors (Lipinski definition) is 3. The first kappa shape index (κ1) is 34.2. The lowest BCUT2D eigenvalue weighted by Crippen LogP contribution is -2.76. The van der Waals surface area contributed by atoms with Gasteiger partial charge in [-0.2, -0.15) is 0 Å². The van der Waals surface area contributed by atoms with Crippen LogP contribution in [0.3, 0.4) is 0 Å². The van der Waals surface area contributed by atoms with Gasteiger partial charge in [0, 0.05) is 61.3 Å². The summed E-state index contributed by atoms with van der Waals surface area (Å²) in [6.07, 6.45) is -6.66. The second-order valence-electron chi connectivity index (χ2n) is 17.0. The second kappa shape index (κ2) is 10.2. The molecule has 276 valence electrons. The summed E-state index contributed by atoms with van der Waals surface area (Å²) >= 11 is 0. The Labute approximate surface area is 289 Å². The molecule has 0 aromatic carbocycles. The molecular weight excluding hydrogens is 658 g/mol. The van der Waals surface area contributed by atoms with Crippen LogP contribution in [0.2, 0.25) is 0 Å². The molecule has 8 rings (SSSR count). The van der Waals surface area contributed by atoms with Crippen LogP contribution < -0.4 is 5.73 Å². The van der Waals surface area contributed by atoms with Crippen LogP contribution in [-0.2, 0) is 57.1 Å². The van der Waals surface area contributed by atoms with E-state index in [2.05, 4.69) is 0 Å². The number of epoxide rings is 2. The maximum atomic E-state index is 13.5. The van der Waals surface area contributed by atoms with E-state index in [9.17, 15) is 34.2 Å². The number of carbonyl (C=O) groups excluding carboxylic acids is 5. The van der Waals surface area contributed by atoms with Crippen LogP contribution in [0.1, 0.15) is 61.8 Å². The van der Waals surface area contributed by atoms with E-state index in [-0.39, 0.29) is 6.10 Å². The number of aliphatic hydroxyl groups is 2. The van der Waals surface area contributed by atoms with Gasteiger partial charge in [-0.1, -0.05) is 20.8 Å². The fourth-order valence-corrected chi connectivity index (χ4v) is 13.4. The Morgan fingerprint density at radius 1 is 0.900 bits per heavy atom. The van der Waals surface area contributed by atoms with Crippen LogP contribution in [-0.4, -0.2) is 107 Å². The van der Waals surface area contributed by atoms with Gasteiger partial charge in [0.25, 0.3) is 6.47 Å². The number of carbonyl (C=O) groups is 5. The van der Waals surface area contributed by atoms with E-state index >= 15 is 0 Å². The van der Waals surface area contributed by atoms with Crippen LogP contribution in [0.15, 0.2) is 0 Å². The number of aliphatic hydroxyl groups excluding tert-OH is 1. The molecule has 4 N–H and O–H groups in total. The van der Waals surface area contributed by atoms with E-state index in [1.165, 1.54) is 27.7 Å². The molecule has 1 spiro atoms. The predicted octanol–water partition coefficient (Wildman–Crippen LogP) is -0.00810. The van der Waals surface area contributed by atoms with Gasteiger partial charge in [-0.05, 0) is 38.0 Å². The molecule has 21 atom stereocenters. The summed E-state index contributed by atoms with van der Waals surface area (Å²) in [6, 6.07) is -0.838. The highest BCUT2D eigenvalue weighted by Crippen LogP contribution is 2.81. The fourth-order valence-electron chi connectivity index (χ4n) is 13.4. The van der Waals surface area contributed by atoms with E-state index in [1.807, 2.05) is 20.8 Å². The van der Waals surface area contributed by atoms with Gasteiger partial charge in [0.15, 0.2) is 5.60 Å². The van der Waals surface area contributed by atoms with Gasteiger partial charge in [-0.3, -0.25) is 19.2 Å². The first-order chi connectivity index (χ1) is 23.3. The van der Waals surface area contributed by atoms with Crippen LogP contribution in [0.25, 0.3) is 0 Å². The Kier molecular flexibility index (Phi) is 6.97. The van der Waals surface area contributed by atoms with Crippen molar-refractivity contribution in [1.29, 1.82) is 0 Å². The van der Waals surface area contributed by atoms with Gasteiger partial charge in [0.1, 0.15) is 36.6 Å². The predicted molar refractivity (Wildman–Crippen MR) is 164 cm³/mol. The molecule has 15 nitrogen and oxygen atoms in total. The summed E-state index contributed by atoms with van der Waals surface area (Å²) in [5.41, 5.74) is 1.07. The Morgan fingerprint density at radius 3 is 2.10 bits per heavy atom. The number of nitrogens with two attached hydrogens (primary N) is 1. The van der Waals surface area contributed by atoms with Crippen molar-refractivity contribution in [2.45, 2.75) is 128 Å². The van der Waals surface area contributed by atoms with Crippen molar-refractivity contribution in [2.75, 3.05) is 0 Å². The number of ether oxygens (including phenoxy) is 7. The highest BCUT2D eigenvalue weighted by atomic mass is 16.8. The van der Waals surface area contributed by atoms with Crippen molar-refractivity contribution in [3.8, 4) is 0 Å². The second-order valence-corrected chi connectivity index (χ2v) is 17.0. The molecule has 3 heterocycles. The van der Waals surface area contributed by atoms with Gasteiger partial charge in [-0.15, -0.1) is 0 Å². The Hall–Kier alpha value is -2.85. The molecular formula is C35H47NO14. The van der Waals surface area contributed by atoms with Gasteiger partial charge >= 0.3 is 23.9 Å². The van der Waals surface area contributed by atoms with Crippen LogP contribution in [0, 0.1) is 57.7 Å². The molecule has 0 aromatic rings. The van der Waals surface area contributed by atoms with Gasteiger partial charge in [0.05, 0.1) is 17.6 Å². The Balaban J connectivity index is 1.43. The molecule has 8 aliphatic rings. The quantitative estimate of drug-likeness (QED) is 0.148. The van der Waals surface area contributed by atoms with Crippen molar-refractivity contribution in [2.24, 2.45) is 63.4 Å². The van der Waals surface area contributed by atoms with E-state index in [0.29, 0.717) is 12.9 Å². The fraction of sp³-hybridized carbons (Fsp3) is 0.857. The molecule has 3 saturated heterocycles. The summed E-state index contributed by atoms with van der Waals surface area (Å²) in [4.78, 5) is 65.3. The first-order valence-corrected chi connectivity index (χ1v) is 17.6. The molecule has 15 heteroatoms. The smallest absolute Gasteiger partial charge is 0.341 e. The molecule has 5 aliphatic carbocycles. The average Bonchev–Trinajstić information content (AvgIpc) is 3.92. The van der Waals surface area contributed by atoms with E-state index in [1.54, 1.807) is 6.92 Å². The minimum atomic E-state index is -2.12. The van der Waals surface area contributed by atoms with Crippen LogP contribution >= 0.6 is 0 Å². The monoisotopic (exact) mass is 705 g/mol. The standard InChI is InChI=1S/C35H47NO14/c1-11-18-21(33(7)34(8,43)30(42)50-35(33)28(11)49-35)25(45-12(2)38)19-17-20(26(46-13(3)39)29(32(18,19)6)47-14(4)40)31(5)15(22(36)24(17)44-10-37)9-16-23(48-16)27(31)41/h10-11,15-29,41,43H,9,36H2,1-8H3/t11-,15+,16-,17?,18-,19+,20?,21-,22-,23-,24+,25+,26-,27-,28+,29-,31-,32+,33-,34+,35-/m0/s1. The number of esters is 4. The summed E-state index contributed by atoms with van der Waals surface area (Å²) < 4.78 is 42.8. The van der Waals surface area contributed by atoms with Gasteiger partial charge < -0.3 is 49.1 Å². The van der Waals surface area contributed by atoms with E-state index in [4.69, 9.17) is 38.9 Å².